The lowest BCUT2D eigenvalue weighted by molar-refractivity contribution is -0.135. The topological polar surface area (TPSA) is 29.1 Å². The summed E-state index contributed by atoms with van der Waals surface area (Å²) < 4.78 is 0. The third kappa shape index (κ3) is 1.73. The van der Waals surface area contributed by atoms with Crippen LogP contribution in [0.25, 0.3) is 0 Å². The molecule has 0 aromatic rings. The van der Waals surface area contributed by atoms with Crippen LogP contribution in [0.5, 0.6) is 0 Å². The Kier molecular flexibility index (Phi) is 2.92. The zero-order valence-electron chi connectivity index (χ0n) is 7.39. The molecule has 0 aromatic carbocycles. The summed E-state index contributed by atoms with van der Waals surface area (Å²) >= 11 is 0. The fourth-order valence-electron chi connectivity index (χ4n) is 1.70. The van der Waals surface area contributed by atoms with Gasteiger partial charge in [-0.1, -0.05) is 26.7 Å². The zero-order valence-corrected chi connectivity index (χ0v) is 7.39. The van der Waals surface area contributed by atoms with Crippen LogP contribution in [0.1, 0.15) is 39.5 Å². The quantitative estimate of drug-likeness (QED) is 0.615. The molecule has 1 N–H and O–H groups in total. The molecule has 1 rings (SSSR count). The maximum absolute atomic E-state index is 11.0. The van der Waals surface area contributed by atoms with Crippen LogP contribution in [-0.4, -0.2) is 11.9 Å². The first kappa shape index (κ1) is 8.57. The number of carbonyl (C=O) groups is 1. The van der Waals surface area contributed by atoms with Crippen LogP contribution in [-0.2, 0) is 4.79 Å². The van der Waals surface area contributed by atoms with Crippen LogP contribution >= 0.6 is 0 Å². The summed E-state index contributed by atoms with van der Waals surface area (Å²) in [6.45, 7) is 4.29. The first-order chi connectivity index (χ1) is 5.29. The van der Waals surface area contributed by atoms with Gasteiger partial charge in [0, 0.05) is 6.04 Å². The zero-order chi connectivity index (χ0) is 8.27. The number of hydrogen-bond donors (Lipinski definition) is 1. The van der Waals surface area contributed by atoms with Crippen molar-refractivity contribution in [2.45, 2.75) is 45.6 Å². The molecule has 1 heterocycles. The molecule has 0 aromatic heterocycles. The standard InChI is InChI=1S/C9H17NO/c1-3-5-7-8(6-4-2)10-9(7)11/h7-8H,3-6H2,1-2H3,(H,10,11)/t7-,8?/m0/s1. The number of carbonyl (C=O) groups excluding carboxylic acids is 1. The van der Waals surface area contributed by atoms with Crippen LogP contribution in [0.2, 0.25) is 0 Å². The van der Waals surface area contributed by atoms with Gasteiger partial charge in [0.25, 0.3) is 0 Å². The SMILES string of the molecule is CCCC1NC(=O)[C@H]1CCC. The second-order valence-corrected chi connectivity index (χ2v) is 3.30. The lowest BCUT2D eigenvalue weighted by atomic mass is 9.84. The second kappa shape index (κ2) is 3.74. The van der Waals surface area contributed by atoms with Crippen molar-refractivity contribution in [2.24, 2.45) is 5.92 Å². The van der Waals surface area contributed by atoms with Gasteiger partial charge in [-0.15, -0.1) is 0 Å². The van der Waals surface area contributed by atoms with Crippen molar-refractivity contribution < 1.29 is 4.79 Å². The molecule has 2 atom stereocenters. The van der Waals surface area contributed by atoms with Crippen molar-refractivity contribution in [3.63, 3.8) is 0 Å². The van der Waals surface area contributed by atoms with Crippen molar-refractivity contribution in [1.29, 1.82) is 0 Å². The Morgan fingerprint density at radius 1 is 1.27 bits per heavy atom. The van der Waals surface area contributed by atoms with E-state index in [1.165, 1.54) is 6.42 Å². The first-order valence-corrected chi connectivity index (χ1v) is 4.60. The van der Waals surface area contributed by atoms with Gasteiger partial charge < -0.3 is 5.32 Å². The Labute approximate surface area is 68.4 Å². The third-order valence-electron chi connectivity index (χ3n) is 2.35. The number of rotatable bonds is 4. The van der Waals surface area contributed by atoms with Gasteiger partial charge in [0.05, 0.1) is 5.92 Å². The molecule has 2 heteroatoms. The van der Waals surface area contributed by atoms with E-state index in [4.69, 9.17) is 0 Å². The predicted octanol–water partition coefficient (Wildman–Crippen LogP) is 1.70. The molecule has 1 fully saturated rings. The van der Waals surface area contributed by atoms with Crippen LogP contribution in [0, 0.1) is 5.92 Å². The Bertz CT molecular complexity index is 144. The number of nitrogens with one attached hydrogen (secondary N) is 1. The molecule has 1 unspecified atom stereocenters. The molecular weight excluding hydrogens is 138 g/mol. The molecule has 1 amide bonds. The minimum absolute atomic E-state index is 0.269. The summed E-state index contributed by atoms with van der Waals surface area (Å²) in [4.78, 5) is 11.0. The van der Waals surface area contributed by atoms with E-state index in [9.17, 15) is 4.79 Å². The fourth-order valence-corrected chi connectivity index (χ4v) is 1.70. The summed E-state index contributed by atoms with van der Waals surface area (Å²) in [5.74, 6) is 0.602. The van der Waals surface area contributed by atoms with Gasteiger partial charge in [0.1, 0.15) is 0 Å². The van der Waals surface area contributed by atoms with Gasteiger partial charge in [0.2, 0.25) is 5.91 Å². The van der Waals surface area contributed by atoms with Crippen molar-refractivity contribution in [1.82, 2.24) is 5.32 Å². The largest absolute Gasteiger partial charge is 0.352 e. The lowest BCUT2D eigenvalue weighted by Crippen LogP contribution is -2.57. The number of amides is 1. The molecule has 11 heavy (non-hydrogen) atoms. The summed E-state index contributed by atoms with van der Waals surface area (Å²) in [6, 6.07) is 0.493. The van der Waals surface area contributed by atoms with Crippen molar-refractivity contribution in [3.8, 4) is 0 Å². The normalized spacial score (nSPS) is 29.5. The average Bonchev–Trinajstić information content (AvgIpc) is 2.00. The van der Waals surface area contributed by atoms with Gasteiger partial charge >= 0.3 is 0 Å². The molecule has 2 nitrogen and oxygen atoms in total. The maximum Gasteiger partial charge on any atom is 0.225 e. The minimum Gasteiger partial charge on any atom is -0.352 e. The van der Waals surface area contributed by atoms with Gasteiger partial charge in [0.15, 0.2) is 0 Å². The van der Waals surface area contributed by atoms with Crippen molar-refractivity contribution in [2.75, 3.05) is 0 Å². The molecule has 0 saturated carbocycles. The van der Waals surface area contributed by atoms with Crippen molar-refractivity contribution in [3.05, 3.63) is 0 Å². The van der Waals surface area contributed by atoms with E-state index in [2.05, 4.69) is 19.2 Å². The van der Waals surface area contributed by atoms with Gasteiger partial charge in [-0.25, -0.2) is 0 Å². The third-order valence-corrected chi connectivity index (χ3v) is 2.35. The monoisotopic (exact) mass is 155 g/mol. The van der Waals surface area contributed by atoms with Gasteiger partial charge in [-0.2, -0.15) is 0 Å². The summed E-state index contributed by atoms with van der Waals surface area (Å²) in [5.41, 5.74) is 0. The molecule has 1 saturated heterocycles. The van der Waals surface area contributed by atoms with Crippen LogP contribution in [0.3, 0.4) is 0 Å². The van der Waals surface area contributed by atoms with Crippen LogP contribution in [0.15, 0.2) is 0 Å². The molecule has 1 aliphatic rings. The molecular formula is C9H17NO. The van der Waals surface area contributed by atoms with E-state index in [1.54, 1.807) is 0 Å². The highest BCUT2D eigenvalue weighted by Gasteiger charge is 2.36. The fraction of sp³-hybridized carbons (Fsp3) is 0.889. The Balaban J connectivity index is 2.29. The first-order valence-electron chi connectivity index (χ1n) is 4.60. The molecule has 0 aliphatic carbocycles. The van der Waals surface area contributed by atoms with E-state index < -0.39 is 0 Å². The van der Waals surface area contributed by atoms with Crippen molar-refractivity contribution >= 4 is 5.91 Å². The molecule has 0 bridgehead atoms. The van der Waals surface area contributed by atoms with Gasteiger partial charge in [-0.3, -0.25) is 4.79 Å². The number of β-lactam (4-membered cyclic amide) rings is 1. The van der Waals surface area contributed by atoms with Crippen LogP contribution in [0.4, 0.5) is 0 Å². The second-order valence-electron chi connectivity index (χ2n) is 3.30. The van der Waals surface area contributed by atoms with Gasteiger partial charge in [-0.05, 0) is 12.8 Å². The van der Waals surface area contributed by atoms with Crippen LogP contribution < -0.4 is 5.32 Å². The molecule has 0 radical (unpaired) electrons. The van der Waals surface area contributed by atoms with E-state index >= 15 is 0 Å². The Morgan fingerprint density at radius 2 is 1.91 bits per heavy atom. The predicted molar refractivity (Wildman–Crippen MR) is 45.2 cm³/mol. The highest BCUT2D eigenvalue weighted by atomic mass is 16.2. The van der Waals surface area contributed by atoms with E-state index in [1.807, 2.05) is 0 Å². The van der Waals surface area contributed by atoms with E-state index in [-0.39, 0.29) is 5.91 Å². The Hall–Kier alpha value is -0.530. The number of hydrogen-bond acceptors (Lipinski definition) is 1. The summed E-state index contributed by atoms with van der Waals surface area (Å²) in [5, 5.41) is 2.94. The Morgan fingerprint density at radius 3 is 2.36 bits per heavy atom. The average molecular weight is 155 g/mol. The molecule has 0 spiro atoms. The van der Waals surface area contributed by atoms with E-state index in [0.717, 1.165) is 19.3 Å². The summed E-state index contributed by atoms with van der Waals surface area (Å²) in [6.07, 6.45) is 4.51. The maximum atomic E-state index is 11.0. The highest BCUT2D eigenvalue weighted by molar-refractivity contribution is 5.85. The van der Waals surface area contributed by atoms with E-state index in [0.29, 0.717) is 12.0 Å². The summed E-state index contributed by atoms with van der Waals surface area (Å²) in [7, 11) is 0. The minimum atomic E-state index is 0.269. The highest BCUT2D eigenvalue weighted by Crippen LogP contribution is 2.23. The lowest BCUT2D eigenvalue weighted by Gasteiger charge is -2.36. The molecule has 1 aliphatic heterocycles. The molecule has 64 valence electrons. The smallest absolute Gasteiger partial charge is 0.225 e.